The highest BCUT2D eigenvalue weighted by atomic mass is 16.6. The number of carbonyl (C=O) groups excluding carboxylic acids is 4. The van der Waals surface area contributed by atoms with Gasteiger partial charge >= 0.3 is 5.97 Å². The fourth-order valence-electron chi connectivity index (χ4n) is 9.40. The maximum Gasteiger partial charge on any atom is 0.303 e. The van der Waals surface area contributed by atoms with Crippen molar-refractivity contribution in [3.8, 4) is 0 Å². The number of aliphatic hydroxyl groups excluding tert-OH is 2. The molecular weight excluding hydrogens is 512 g/mol. The Bertz CT molecular complexity index is 1210. The first-order valence-electron chi connectivity index (χ1n) is 14.4. The summed E-state index contributed by atoms with van der Waals surface area (Å²) in [5.74, 6) is -2.85. The van der Waals surface area contributed by atoms with Crippen molar-refractivity contribution < 1.29 is 39.2 Å². The van der Waals surface area contributed by atoms with Crippen LogP contribution in [0.2, 0.25) is 0 Å². The summed E-state index contributed by atoms with van der Waals surface area (Å²) >= 11 is 0. The SMILES string of the molecule is CC(=O)OC(C)(C)/C=C/C(=O)C(C)(O)[C@H]1[C@H](O)C[C@@]2(C)[C@@H]3CC=C4[C@@H](C[C@@H](O)C(=O)C4(C)C)[C@]3(C)C(=O)C[C@]12C. The van der Waals surface area contributed by atoms with E-state index in [0.29, 0.717) is 12.8 Å². The van der Waals surface area contributed by atoms with Crippen molar-refractivity contribution in [2.24, 2.45) is 39.4 Å². The molecule has 1 unspecified atom stereocenters. The molecule has 0 aromatic heterocycles. The number of hydrogen-bond acceptors (Lipinski definition) is 8. The van der Waals surface area contributed by atoms with Gasteiger partial charge in [-0.1, -0.05) is 32.4 Å². The largest absolute Gasteiger partial charge is 0.456 e. The maximum atomic E-state index is 14.3. The second kappa shape index (κ2) is 9.17. The van der Waals surface area contributed by atoms with Crippen LogP contribution in [0.4, 0.5) is 0 Å². The van der Waals surface area contributed by atoms with Crippen molar-refractivity contribution in [2.75, 3.05) is 0 Å². The Morgan fingerprint density at radius 2 is 1.65 bits per heavy atom. The third-order valence-electron chi connectivity index (χ3n) is 11.5. The van der Waals surface area contributed by atoms with Gasteiger partial charge in [-0.2, -0.15) is 0 Å². The van der Waals surface area contributed by atoms with E-state index in [2.05, 4.69) is 13.0 Å². The average molecular weight is 559 g/mol. The van der Waals surface area contributed by atoms with Gasteiger partial charge in [-0.3, -0.25) is 19.2 Å². The summed E-state index contributed by atoms with van der Waals surface area (Å²) in [5.41, 5.74) is -5.43. The average Bonchev–Trinajstić information content (AvgIpc) is 3.01. The van der Waals surface area contributed by atoms with Gasteiger partial charge in [-0.15, -0.1) is 0 Å². The quantitative estimate of drug-likeness (QED) is 0.265. The van der Waals surface area contributed by atoms with E-state index in [0.717, 1.165) is 5.57 Å². The molecule has 9 atom stereocenters. The minimum atomic E-state index is -1.99. The molecule has 222 valence electrons. The molecule has 40 heavy (non-hydrogen) atoms. The lowest BCUT2D eigenvalue weighted by molar-refractivity contribution is -0.183. The van der Waals surface area contributed by atoms with Crippen LogP contribution in [-0.4, -0.2) is 62.0 Å². The number of esters is 1. The van der Waals surface area contributed by atoms with Crippen molar-refractivity contribution >= 4 is 23.3 Å². The Labute approximate surface area is 237 Å². The summed E-state index contributed by atoms with van der Waals surface area (Å²) in [6.07, 6.45) is 3.55. The number of carbonyl (C=O) groups is 4. The predicted octanol–water partition coefficient (Wildman–Crippen LogP) is 3.50. The van der Waals surface area contributed by atoms with E-state index in [-0.39, 0.29) is 36.2 Å². The van der Waals surface area contributed by atoms with Crippen molar-refractivity contribution in [2.45, 2.75) is 111 Å². The predicted molar refractivity (Wildman–Crippen MR) is 148 cm³/mol. The smallest absolute Gasteiger partial charge is 0.303 e. The van der Waals surface area contributed by atoms with Crippen molar-refractivity contribution in [1.29, 1.82) is 0 Å². The van der Waals surface area contributed by atoms with E-state index in [4.69, 9.17) is 4.74 Å². The molecule has 4 aliphatic rings. The molecule has 0 radical (unpaired) electrons. The fraction of sp³-hybridized carbons (Fsp3) is 0.750. The Balaban J connectivity index is 1.75. The zero-order chi connectivity index (χ0) is 30.4. The zero-order valence-corrected chi connectivity index (χ0v) is 25.3. The van der Waals surface area contributed by atoms with E-state index in [1.165, 1.54) is 26.0 Å². The van der Waals surface area contributed by atoms with Crippen LogP contribution in [0.15, 0.2) is 23.8 Å². The molecular formula is C32H46O8. The van der Waals surface area contributed by atoms with E-state index < -0.39 is 62.7 Å². The Kier molecular flexibility index (Phi) is 7.06. The van der Waals surface area contributed by atoms with Crippen molar-refractivity contribution in [3.05, 3.63) is 23.8 Å². The summed E-state index contributed by atoms with van der Waals surface area (Å²) in [6, 6.07) is 0. The van der Waals surface area contributed by atoms with Crippen LogP contribution in [0.3, 0.4) is 0 Å². The van der Waals surface area contributed by atoms with Crippen LogP contribution < -0.4 is 0 Å². The zero-order valence-electron chi connectivity index (χ0n) is 25.3. The van der Waals surface area contributed by atoms with Gasteiger partial charge in [0, 0.05) is 30.1 Å². The van der Waals surface area contributed by atoms with E-state index in [1.807, 2.05) is 27.7 Å². The van der Waals surface area contributed by atoms with E-state index >= 15 is 0 Å². The third-order valence-corrected chi connectivity index (χ3v) is 11.5. The van der Waals surface area contributed by atoms with Crippen LogP contribution in [0.1, 0.15) is 88.0 Å². The van der Waals surface area contributed by atoms with Crippen LogP contribution in [-0.2, 0) is 23.9 Å². The molecule has 4 aliphatic carbocycles. The van der Waals surface area contributed by atoms with Crippen molar-refractivity contribution in [3.63, 3.8) is 0 Å². The first-order valence-corrected chi connectivity index (χ1v) is 14.4. The summed E-state index contributed by atoms with van der Waals surface area (Å²) in [7, 11) is 0. The van der Waals surface area contributed by atoms with Gasteiger partial charge in [0.1, 0.15) is 23.1 Å². The van der Waals surface area contributed by atoms with Gasteiger partial charge < -0.3 is 20.1 Å². The van der Waals surface area contributed by atoms with Crippen LogP contribution in [0, 0.1) is 39.4 Å². The molecule has 0 amide bonds. The monoisotopic (exact) mass is 558 g/mol. The number of aliphatic hydroxyl groups is 3. The van der Waals surface area contributed by atoms with Gasteiger partial charge in [0.2, 0.25) is 0 Å². The number of ketones is 3. The normalized spacial score (nSPS) is 42.4. The molecule has 3 N–H and O–H groups in total. The molecule has 0 aromatic rings. The van der Waals surface area contributed by atoms with Gasteiger partial charge in [0.15, 0.2) is 11.6 Å². The summed E-state index contributed by atoms with van der Waals surface area (Å²) < 4.78 is 5.23. The summed E-state index contributed by atoms with van der Waals surface area (Å²) in [4.78, 5) is 52.1. The molecule has 3 saturated carbocycles. The van der Waals surface area contributed by atoms with Crippen LogP contribution in [0.25, 0.3) is 0 Å². The molecule has 0 heterocycles. The maximum absolute atomic E-state index is 14.3. The van der Waals surface area contributed by atoms with Gasteiger partial charge in [0.25, 0.3) is 0 Å². The molecule has 4 rings (SSSR count). The summed E-state index contributed by atoms with van der Waals surface area (Å²) in [5, 5.41) is 34.0. The highest BCUT2D eigenvalue weighted by Crippen LogP contribution is 2.74. The number of Topliss-reactive ketones (excluding diaryl/α,β-unsaturated/α-hetero) is 2. The number of hydrogen-bond donors (Lipinski definition) is 3. The number of rotatable bonds is 5. The molecule has 0 saturated heterocycles. The van der Waals surface area contributed by atoms with Gasteiger partial charge in [-0.25, -0.2) is 0 Å². The second-order valence-electron chi connectivity index (χ2n) is 14.8. The highest BCUT2D eigenvalue weighted by Gasteiger charge is 2.74. The van der Waals surface area contributed by atoms with Crippen LogP contribution >= 0.6 is 0 Å². The first kappa shape index (κ1) is 30.8. The Morgan fingerprint density at radius 1 is 1.05 bits per heavy atom. The number of ether oxygens (including phenoxy) is 1. The van der Waals surface area contributed by atoms with Gasteiger partial charge in [-0.05, 0) is 88.7 Å². The Hall–Kier alpha value is -2.16. The number of allylic oxidation sites excluding steroid dienone is 2. The van der Waals surface area contributed by atoms with E-state index in [1.54, 1.807) is 13.8 Å². The number of fused-ring (bicyclic) bond motifs is 5. The van der Waals surface area contributed by atoms with Crippen molar-refractivity contribution in [1.82, 2.24) is 0 Å². The molecule has 8 nitrogen and oxygen atoms in total. The topological polar surface area (TPSA) is 138 Å². The Morgan fingerprint density at radius 3 is 2.23 bits per heavy atom. The first-order chi connectivity index (χ1) is 18.1. The van der Waals surface area contributed by atoms with Gasteiger partial charge in [0.05, 0.1) is 6.10 Å². The lowest BCUT2D eigenvalue weighted by atomic mass is 9.38. The lowest BCUT2D eigenvalue weighted by Gasteiger charge is -2.64. The lowest BCUT2D eigenvalue weighted by Crippen LogP contribution is -2.65. The molecule has 0 spiro atoms. The summed E-state index contributed by atoms with van der Waals surface area (Å²) in [6.45, 7) is 15.4. The molecule has 0 aliphatic heterocycles. The third kappa shape index (κ3) is 4.11. The minimum Gasteiger partial charge on any atom is -0.456 e. The minimum absolute atomic E-state index is 0.0284. The second-order valence-corrected chi connectivity index (χ2v) is 14.8. The standard InChI is InChI=1S/C32H46O8/c1-17(33)40-27(2,3)13-12-23(36)32(9,39)25-21(35)15-29(6)22-11-10-18-19(14-20(34)26(38)28(18,4)5)31(22,8)24(37)16-30(25,29)7/h10,12-13,19-22,25,34-35,39H,11,14-16H2,1-9H3/b13-12+/t19-,20-,21-,22+,25+,29+,30-,31+,32?/m1/s1. The van der Waals surface area contributed by atoms with Crippen LogP contribution in [0.5, 0.6) is 0 Å². The highest BCUT2D eigenvalue weighted by molar-refractivity contribution is 5.98. The van der Waals surface area contributed by atoms with E-state index in [9.17, 15) is 34.5 Å². The molecule has 3 fully saturated rings. The molecule has 0 bridgehead atoms. The molecule has 0 aromatic carbocycles. The molecule has 8 heteroatoms. The fourth-order valence-corrected chi connectivity index (χ4v) is 9.40.